The molecule has 0 heterocycles. The van der Waals surface area contributed by atoms with Crippen LogP contribution in [0, 0.1) is 0 Å². The Balaban J connectivity index is 1.73. The second kappa shape index (κ2) is 14.1. The predicted octanol–water partition coefficient (Wildman–Crippen LogP) is 6.22. The normalized spacial score (nSPS) is 14.4. The van der Waals surface area contributed by atoms with Crippen molar-refractivity contribution in [2.24, 2.45) is 0 Å². The molecule has 0 saturated heterocycles. The highest BCUT2D eigenvalue weighted by Crippen LogP contribution is 2.28. The van der Waals surface area contributed by atoms with Gasteiger partial charge >= 0.3 is 0 Å². The van der Waals surface area contributed by atoms with E-state index in [9.17, 15) is 18.0 Å². The van der Waals surface area contributed by atoms with Gasteiger partial charge in [-0.2, -0.15) is 0 Å². The van der Waals surface area contributed by atoms with Crippen LogP contribution in [-0.4, -0.2) is 50.0 Å². The van der Waals surface area contributed by atoms with Gasteiger partial charge in [0.05, 0.1) is 11.9 Å². The molecule has 4 rings (SSSR count). The Labute approximate surface area is 260 Å². The molecule has 1 unspecified atom stereocenters. The Bertz CT molecular complexity index is 1450. The summed E-state index contributed by atoms with van der Waals surface area (Å²) in [5, 5.41) is 3.62. The molecular weight excluding hydrogens is 649 g/mol. The van der Waals surface area contributed by atoms with Gasteiger partial charge in [-0.1, -0.05) is 94.4 Å². The van der Waals surface area contributed by atoms with E-state index in [1.165, 1.54) is 23.1 Å². The summed E-state index contributed by atoms with van der Waals surface area (Å²) in [4.78, 5) is 29.5. The number of hydrogen-bond donors (Lipinski definition) is 1. The quantitative estimate of drug-likeness (QED) is 0.261. The molecule has 1 atom stereocenters. The van der Waals surface area contributed by atoms with Crippen molar-refractivity contribution in [3.8, 4) is 0 Å². The van der Waals surface area contributed by atoms with Crippen molar-refractivity contribution < 1.29 is 18.0 Å². The summed E-state index contributed by atoms with van der Waals surface area (Å²) < 4.78 is 27.7. The number of rotatable bonds is 11. The van der Waals surface area contributed by atoms with Gasteiger partial charge in [0.25, 0.3) is 0 Å². The standard InChI is InChI=1S/C30H32BrCl2N3O4S/c1-41(39,40)36(27-17-24(32)16-25(33)18-27)20-29(37)35(19-22-11-13-23(31)14-12-22)28(15-21-7-3-2-4-8-21)30(38)34-26-9-5-6-10-26/h2-4,7-8,11-14,16-18,26,28H,5-6,9-10,15,19-20H2,1H3,(H,34,38). The van der Waals surface area contributed by atoms with E-state index in [0.29, 0.717) is 0 Å². The van der Waals surface area contributed by atoms with E-state index in [2.05, 4.69) is 21.2 Å². The van der Waals surface area contributed by atoms with Gasteiger partial charge in [0.1, 0.15) is 12.6 Å². The molecule has 0 aromatic heterocycles. The largest absolute Gasteiger partial charge is 0.352 e. The summed E-state index contributed by atoms with van der Waals surface area (Å²) in [6.07, 6.45) is 5.15. The van der Waals surface area contributed by atoms with Crippen LogP contribution in [0.2, 0.25) is 10.0 Å². The average Bonchev–Trinajstić information content (AvgIpc) is 3.42. The third-order valence-corrected chi connectivity index (χ3v) is 9.16. The Kier molecular flexibility index (Phi) is 10.7. The van der Waals surface area contributed by atoms with Gasteiger partial charge in [-0.15, -0.1) is 0 Å². The summed E-state index contributed by atoms with van der Waals surface area (Å²) in [6.45, 7) is -0.427. The summed E-state index contributed by atoms with van der Waals surface area (Å²) >= 11 is 15.8. The average molecular weight is 681 g/mol. The first kappa shape index (κ1) is 31.3. The second-order valence-electron chi connectivity index (χ2n) is 10.2. The van der Waals surface area contributed by atoms with Crippen LogP contribution in [0.25, 0.3) is 0 Å². The van der Waals surface area contributed by atoms with Gasteiger partial charge in [0, 0.05) is 33.5 Å². The Morgan fingerprint density at radius 3 is 2.15 bits per heavy atom. The zero-order valence-corrected chi connectivity index (χ0v) is 26.5. The predicted molar refractivity (Wildman–Crippen MR) is 168 cm³/mol. The van der Waals surface area contributed by atoms with Gasteiger partial charge < -0.3 is 10.2 Å². The number of carbonyl (C=O) groups is 2. The molecule has 1 fully saturated rings. The first-order valence-corrected chi connectivity index (χ1v) is 16.7. The lowest BCUT2D eigenvalue weighted by molar-refractivity contribution is -0.140. The summed E-state index contributed by atoms with van der Waals surface area (Å²) in [7, 11) is -3.92. The van der Waals surface area contributed by atoms with Gasteiger partial charge in [-0.25, -0.2) is 8.42 Å². The number of benzene rings is 3. The molecule has 1 N–H and O–H groups in total. The zero-order valence-electron chi connectivity index (χ0n) is 22.6. The van der Waals surface area contributed by atoms with Gasteiger partial charge in [-0.05, 0) is 54.3 Å². The highest BCUT2D eigenvalue weighted by atomic mass is 79.9. The number of nitrogens with one attached hydrogen (secondary N) is 1. The van der Waals surface area contributed by atoms with E-state index in [0.717, 1.165) is 51.8 Å². The Morgan fingerprint density at radius 2 is 1.56 bits per heavy atom. The maximum Gasteiger partial charge on any atom is 0.244 e. The van der Waals surface area contributed by atoms with Crippen LogP contribution in [0.4, 0.5) is 5.69 Å². The lowest BCUT2D eigenvalue weighted by Crippen LogP contribution is -2.54. The van der Waals surface area contributed by atoms with Gasteiger partial charge in [0.15, 0.2) is 0 Å². The van der Waals surface area contributed by atoms with Crippen molar-refractivity contribution in [3.05, 3.63) is 98.4 Å². The topological polar surface area (TPSA) is 86.8 Å². The molecule has 3 aromatic carbocycles. The smallest absolute Gasteiger partial charge is 0.244 e. The van der Waals surface area contributed by atoms with Crippen molar-refractivity contribution in [1.82, 2.24) is 10.2 Å². The number of amides is 2. The molecule has 0 spiro atoms. The number of halogens is 3. The summed E-state index contributed by atoms with van der Waals surface area (Å²) in [5.74, 6) is -0.792. The molecule has 7 nitrogen and oxygen atoms in total. The fourth-order valence-corrected chi connectivity index (χ4v) is 6.62. The van der Waals surface area contributed by atoms with Gasteiger partial charge in [0.2, 0.25) is 21.8 Å². The minimum absolute atomic E-state index is 0.0477. The first-order chi connectivity index (χ1) is 19.5. The number of nitrogens with zero attached hydrogens (tertiary/aromatic N) is 2. The van der Waals surface area contributed by atoms with Crippen LogP contribution in [0.5, 0.6) is 0 Å². The van der Waals surface area contributed by atoms with Crippen LogP contribution in [0.3, 0.4) is 0 Å². The Hall–Kier alpha value is -2.59. The molecule has 0 aliphatic heterocycles. The van der Waals surface area contributed by atoms with Gasteiger partial charge in [-0.3, -0.25) is 13.9 Å². The fraction of sp³-hybridized carbons (Fsp3) is 0.333. The number of hydrogen-bond acceptors (Lipinski definition) is 4. The van der Waals surface area contributed by atoms with Crippen LogP contribution in [-0.2, 0) is 32.6 Å². The van der Waals surface area contributed by atoms with E-state index >= 15 is 0 Å². The molecule has 11 heteroatoms. The summed E-state index contributed by atoms with van der Waals surface area (Å²) in [6, 6.07) is 20.5. The minimum atomic E-state index is -3.92. The molecule has 0 radical (unpaired) electrons. The van der Waals surface area contributed by atoms with Crippen molar-refractivity contribution in [1.29, 1.82) is 0 Å². The van der Waals surface area contributed by atoms with E-state index in [1.807, 2.05) is 54.6 Å². The van der Waals surface area contributed by atoms with Crippen molar-refractivity contribution in [2.45, 2.75) is 50.7 Å². The maximum atomic E-state index is 14.2. The van der Waals surface area contributed by atoms with E-state index in [4.69, 9.17) is 23.2 Å². The third kappa shape index (κ3) is 8.95. The lowest BCUT2D eigenvalue weighted by atomic mass is 10.0. The molecule has 1 aliphatic rings. The number of carbonyl (C=O) groups excluding carboxylic acids is 2. The maximum absolute atomic E-state index is 14.2. The highest BCUT2D eigenvalue weighted by molar-refractivity contribution is 9.10. The summed E-state index contributed by atoms with van der Waals surface area (Å²) in [5.41, 5.74) is 1.84. The van der Waals surface area contributed by atoms with Crippen molar-refractivity contribution in [3.63, 3.8) is 0 Å². The highest BCUT2D eigenvalue weighted by Gasteiger charge is 2.34. The zero-order chi connectivity index (χ0) is 29.6. The molecule has 0 bridgehead atoms. The molecule has 1 aliphatic carbocycles. The lowest BCUT2D eigenvalue weighted by Gasteiger charge is -2.34. The number of sulfonamides is 1. The molecule has 41 heavy (non-hydrogen) atoms. The number of anilines is 1. The van der Waals surface area contributed by atoms with Crippen LogP contribution in [0.15, 0.2) is 77.3 Å². The van der Waals surface area contributed by atoms with E-state index in [1.54, 1.807) is 0 Å². The SMILES string of the molecule is CS(=O)(=O)N(CC(=O)N(Cc1ccc(Br)cc1)C(Cc1ccccc1)C(=O)NC1CCCC1)c1cc(Cl)cc(Cl)c1. The third-order valence-electron chi connectivity index (χ3n) is 7.05. The van der Waals surface area contributed by atoms with Crippen molar-refractivity contribution >= 4 is 66.7 Å². The first-order valence-electron chi connectivity index (χ1n) is 13.3. The minimum Gasteiger partial charge on any atom is -0.352 e. The van der Waals surface area contributed by atoms with E-state index < -0.39 is 28.5 Å². The van der Waals surface area contributed by atoms with E-state index in [-0.39, 0.29) is 40.6 Å². The molecule has 1 saturated carbocycles. The molecular formula is C30H32BrCl2N3O4S. The Morgan fingerprint density at radius 1 is 0.951 bits per heavy atom. The molecule has 2 amide bonds. The second-order valence-corrected chi connectivity index (χ2v) is 13.9. The fourth-order valence-electron chi connectivity index (χ4n) is 5.00. The molecule has 218 valence electrons. The van der Waals surface area contributed by atoms with Crippen LogP contribution >= 0.6 is 39.1 Å². The van der Waals surface area contributed by atoms with Crippen LogP contribution in [0.1, 0.15) is 36.8 Å². The van der Waals surface area contributed by atoms with Crippen LogP contribution < -0.4 is 9.62 Å². The molecule has 3 aromatic rings. The monoisotopic (exact) mass is 679 g/mol. The van der Waals surface area contributed by atoms with Crippen molar-refractivity contribution in [2.75, 3.05) is 17.1 Å².